The lowest BCUT2D eigenvalue weighted by atomic mass is 10.1. The van der Waals surface area contributed by atoms with Crippen molar-refractivity contribution in [3.63, 3.8) is 0 Å². The van der Waals surface area contributed by atoms with Crippen LogP contribution in [0.5, 0.6) is 5.75 Å². The van der Waals surface area contributed by atoms with Gasteiger partial charge in [-0.1, -0.05) is 66.0 Å². The van der Waals surface area contributed by atoms with Crippen LogP contribution in [0.15, 0.2) is 64.8 Å². The van der Waals surface area contributed by atoms with Crippen molar-refractivity contribution in [2.75, 3.05) is 6.61 Å². The van der Waals surface area contributed by atoms with E-state index in [1.165, 1.54) is 19.3 Å². The summed E-state index contributed by atoms with van der Waals surface area (Å²) in [4.78, 5) is 0.592. The van der Waals surface area contributed by atoms with Crippen LogP contribution in [0, 0.1) is 0 Å². The minimum atomic E-state index is 0.592. The van der Waals surface area contributed by atoms with Crippen molar-refractivity contribution in [1.29, 1.82) is 0 Å². The smallest absolute Gasteiger partial charge is 0.146 e. The molecule has 0 heterocycles. The molecule has 128 valence electrons. The highest BCUT2D eigenvalue weighted by atomic mass is 79.9. The van der Waals surface area contributed by atoms with Crippen LogP contribution in [0.25, 0.3) is 0 Å². The molecule has 0 N–H and O–H groups in total. The predicted octanol–water partition coefficient (Wildman–Crippen LogP) is 7.21. The van der Waals surface area contributed by atoms with Gasteiger partial charge in [0.05, 0.1) is 12.3 Å². The Morgan fingerprint density at radius 2 is 1.62 bits per heavy atom. The van der Waals surface area contributed by atoms with Crippen LogP contribution in [0.4, 0.5) is 11.4 Å². The summed E-state index contributed by atoms with van der Waals surface area (Å²) in [5, 5.41) is 8.59. The monoisotopic (exact) mass is 388 g/mol. The summed E-state index contributed by atoms with van der Waals surface area (Å²) in [6.07, 6.45) is 5.92. The number of unbranched alkanes of at least 4 members (excludes halogenated alkanes) is 1. The van der Waals surface area contributed by atoms with Crippen molar-refractivity contribution in [1.82, 2.24) is 0 Å². The van der Waals surface area contributed by atoms with Crippen molar-refractivity contribution >= 4 is 27.3 Å². The van der Waals surface area contributed by atoms with Crippen LogP contribution in [0.2, 0.25) is 0 Å². The minimum absolute atomic E-state index is 0.592. The number of benzene rings is 2. The highest BCUT2D eigenvalue weighted by molar-refractivity contribution is 9.09. The zero-order chi connectivity index (χ0) is 17.0. The fourth-order valence-corrected chi connectivity index (χ4v) is 2.97. The average Bonchev–Trinajstić information content (AvgIpc) is 2.63. The second kappa shape index (κ2) is 11.0. The predicted molar refractivity (Wildman–Crippen MR) is 104 cm³/mol. The SMILES string of the molecule is CCCCC(Br)CCCOc1ccccc1N=Nc1ccccc1. The van der Waals surface area contributed by atoms with Crippen LogP contribution in [-0.2, 0) is 0 Å². The first-order valence-corrected chi connectivity index (χ1v) is 9.54. The molecule has 2 aromatic carbocycles. The second-order valence-corrected chi connectivity index (χ2v) is 7.03. The third kappa shape index (κ3) is 6.83. The molecule has 0 bridgehead atoms. The van der Waals surface area contributed by atoms with Crippen molar-refractivity contribution < 1.29 is 4.74 Å². The number of ether oxygens (including phenoxy) is 1. The summed E-state index contributed by atoms with van der Waals surface area (Å²) in [5.41, 5.74) is 1.60. The molecule has 0 radical (unpaired) electrons. The molecule has 0 amide bonds. The number of rotatable bonds is 10. The van der Waals surface area contributed by atoms with Crippen LogP contribution >= 0.6 is 15.9 Å². The number of azo groups is 1. The van der Waals surface area contributed by atoms with Crippen molar-refractivity contribution in [3.05, 3.63) is 54.6 Å². The Kier molecular flexibility index (Phi) is 8.53. The lowest BCUT2D eigenvalue weighted by Gasteiger charge is -2.11. The first-order valence-electron chi connectivity index (χ1n) is 8.62. The molecule has 1 atom stereocenters. The normalized spacial score (nSPS) is 12.4. The van der Waals surface area contributed by atoms with Crippen molar-refractivity contribution in [2.45, 2.75) is 43.9 Å². The van der Waals surface area contributed by atoms with Gasteiger partial charge in [0.2, 0.25) is 0 Å². The number of hydrogen-bond acceptors (Lipinski definition) is 3. The Hall–Kier alpha value is -1.68. The third-order valence-electron chi connectivity index (χ3n) is 3.68. The van der Waals surface area contributed by atoms with Gasteiger partial charge in [0, 0.05) is 4.83 Å². The maximum absolute atomic E-state index is 5.91. The number of halogens is 1. The van der Waals surface area contributed by atoms with Gasteiger partial charge in [-0.25, -0.2) is 0 Å². The van der Waals surface area contributed by atoms with E-state index in [1.807, 2.05) is 54.6 Å². The molecule has 0 spiro atoms. The highest BCUT2D eigenvalue weighted by Crippen LogP contribution is 2.29. The molecule has 3 nitrogen and oxygen atoms in total. The highest BCUT2D eigenvalue weighted by Gasteiger charge is 2.05. The summed E-state index contributed by atoms with van der Waals surface area (Å²) >= 11 is 3.74. The standard InChI is InChI=1S/C20H25BrN2O/c1-2-3-10-17(21)11-9-16-24-20-15-8-7-14-19(20)23-22-18-12-5-4-6-13-18/h4-8,12-15,17H,2-3,9-11,16H2,1H3. The molecule has 24 heavy (non-hydrogen) atoms. The molecule has 0 saturated heterocycles. The molecule has 0 aromatic heterocycles. The number of para-hydroxylation sites is 1. The van der Waals surface area contributed by atoms with E-state index in [2.05, 4.69) is 33.1 Å². The minimum Gasteiger partial charge on any atom is -0.491 e. The first-order chi connectivity index (χ1) is 11.8. The van der Waals surface area contributed by atoms with Crippen LogP contribution in [0.1, 0.15) is 39.0 Å². The summed E-state index contributed by atoms with van der Waals surface area (Å²) in [6, 6.07) is 17.5. The van der Waals surface area contributed by atoms with Gasteiger partial charge in [-0.3, -0.25) is 0 Å². The Morgan fingerprint density at radius 1 is 0.917 bits per heavy atom. The van der Waals surface area contributed by atoms with Crippen molar-refractivity contribution in [2.24, 2.45) is 10.2 Å². The quantitative estimate of drug-likeness (QED) is 0.240. The molecule has 0 saturated carbocycles. The van der Waals surface area contributed by atoms with Gasteiger partial charge in [-0.15, -0.1) is 5.11 Å². The van der Waals surface area contributed by atoms with E-state index >= 15 is 0 Å². The maximum atomic E-state index is 5.91. The summed E-state index contributed by atoms with van der Waals surface area (Å²) < 4.78 is 5.91. The van der Waals surface area contributed by atoms with Gasteiger partial charge >= 0.3 is 0 Å². The van der Waals surface area contributed by atoms with E-state index in [0.29, 0.717) is 11.4 Å². The lowest BCUT2D eigenvalue weighted by molar-refractivity contribution is 0.306. The van der Waals surface area contributed by atoms with Gasteiger partial charge in [0.15, 0.2) is 0 Å². The molecule has 0 aliphatic rings. The van der Waals surface area contributed by atoms with Crippen LogP contribution in [-0.4, -0.2) is 11.4 Å². The van der Waals surface area contributed by atoms with Gasteiger partial charge in [-0.2, -0.15) is 5.11 Å². The second-order valence-electron chi connectivity index (χ2n) is 5.73. The van der Waals surface area contributed by atoms with E-state index in [-0.39, 0.29) is 0 Å². The zero-order valence-corrected chi connectivity index (χ0v) is 15.8. The van der Waals surface area contributed by atoms with Crippen molar-refractivity contribution in [3.8, 4) is 5.75 Å². The molecule has 1 unspecified atom stereocenters. The van der Waals surface area contributed by atoms with Gasteiger partial charge in [0.25, 0.3) is 0 Å². The Balaban J connectivity index is 1.84. The van der Waals surface area contributed by atoms with Crippen LogP contribution in [0.3, 0.4) is 0 Å². The van der Waals surface area contributed by atoms with Gasteiger partial charge in [0.1, 0.15) is 11.4 Å². The number of alkyl halides is 1. The molecule has 0 aliphatic carbocycles. The van der Waals surface area contributed by atoms with Gasteiger partial charge < -0.3 is 4.74 Å². The first kappa shape index (κ1) is 18.7. The number of hydrogen-bond donors (Lipinski definition) is 0. The average molecular weight is 389 g/mol. The molecule has 2 aromatic rings. The molecular weight excluding hydrogens is 364 g/mol. The zero-order valence-electron chi connectivity index (χ0n) is 14.2. The Bertz CT molecular complexity index is 616. The van der Waals surface area contributed by atoms with E-state index in [0.717, 1.165) is 30.0 Å². The summed E-state index contributed by atoms with van der Waals surface area (Å²) in [7, 11) is 0. The fourth-order valence-electron chi connectivity index (χ4n) is 2.32. The maximum Gasteiger partial charge on any atom is 0.146 e. The van der Waals surface area contributed by atoms with E-state index in [4.69, 9.17) is 4.74 Å². The topological polar surface area (TPSA) is 34.0 Å². The van der Waals surface area contributed by atoms with Gasteiger partial charge in [-0.05, 0) is 43.5 Å². The molecule has 4 heteroatoms. The Labute approximate surface area is 153 Å². The third-order valence-corrected chi connectivity index (χ3v) is 4.60. The molecule has 0 aliphatic heterocycles. The largest absolute Gasteiger partial charge is 0.491 e. The lowest BCUT2D eigenvalue weighted by Crippen LogP contribution is -2.03. The summed E-state index contributed by atoms with van der Waals surface area (Å²) in [5.74, 6) is 0.789. The van der Waals surface area contributed by atoms with E-state index < -0.39 is 0 Å². The molecule has 0 fully saturated rings. The molecule has 2 rings (SSSR count). The van der Waals surface area contributed by atoms with E-state index in [9.17, 15) is 0 Å². The Morgan fingerprint density at radius 3 is 2.42 bits per heavy atom. The molecular formula is C20H25BrN2O. The number of nitrogens with zero attached hydrogens (tertiary/aromatic N) is 2. The fraction of sp³-hybridized carbons (Fsp3) is 0.400. The summed E-state index contributed by atoms with van der Waals surface area (Å²) in [6.45, 7) is 2.93. The van der Waals surface area contributed by atoms with Crippen LogP contribution < -0.4 is 4.74 Å². The van der Waals surface area contributed by atoms with E-state index in [1.54, 1.807) is 0 Å².